The predicted molar refractivity (Wildman–Crippen MR) is 66.0 cm³/mol. The van der Waals surface area contributed by atoms with Gasteiger partial charge in [0.05, 0.1) is 6.54 Å². The van der Waals surface area contributed by atoms with Crippen LogP contribution in [0.25, 0.3) is 0 Å². The number of thiazole rings is 1. The van der Waals surface area contributed by atoms with Crippen molar-refractivity contribution in [2.45, 2.75) is 38.3 Å². The average Bonchev–Trinajstić information content (AvgIpc) is 2.97. The van der Waals surface area contributed by atoms with Gasteiger partial charge in [-0.15, -0.1) is 11.3 Å². The summed E-state index contributed by atoms with van der Waals surface area (Å²) >= 11 is 1.60. The Hall–Kier alpha value is -1.14. The number of nitrogens with zero attached hydrogens (tertiary/aromatic N) is 2. The molecule has 2 rings (SSSR count). The average molecular weight is 239 g/mol. The number of aliphatic imine (C=N–C) groups is 1. The molecule has 0 aliphatic heterocycles. The molecular formula is C10H17N5S. The number of hydrogen-bond acceptors (Lipinski definition) is 4. The van der Waals surface area contributed by atoms with Crippen LogP contribution in [-0.2, 0) is 6.54 Å². The third-order valence-electron chi connectivity index (χ3n) is 2.69. The second kappa shape index (κ2) is 5.81. The Bertz CT molecular complexity index is 329. The minimum atomic E-state index is 0.520. The lowest BCUT2D eigenvalue weighted by Gasteiger charge is -2.14. The number of rotatable bonds is 3. The monoisotopic (exact) mass is 239 g/mol. The van der Waals surface area contributed by atoms with E-state index in [4.69, 9.17) is 5.84 Å². The van der Waals surface area contributed by atoms with Gasteiger partial charge in [0.1, 0.15) is 5.01 Å². The maximum atomic E-state index is 5.43. The first-order valence-corrected chi connectivity index (χ1v) is 6.42. The standard InChI is InChI=1S/C10H17N5S/c11-15-10(14-8-3-1-2-4-8)13-7-9-12-5-6-16-9/h5-6,8H,1-4,7,11H2,(H2,13,14,15). The Kier molecular flexibility index (Phi) is 4.12. The van der Waals surface area contributed by atoms with Crippen molar-refractivity contribution in [2.24, 2.45) is 10.8 Å². The van der Waals surface area contributed by atoms with Crippen molar-refractivity contribution in [3.63, 3.8) is 0 Å². The second-order valence-corrected chi connectivity index (χ2v) is 4.84. The van der Waals surface area contributed by atoms with E-state index in [1.54, 1.807) is 17.5 Å². The zero-order chi connectivity index (χ0) is 11.2. The van der Waals surface area contributed by atoms with Gasteiger partial charge >= 0.3 is 0 Å². The molecule has 0 amide bonds. The highest BCUT2D eigenvalue weighted by atomic mass is 32.1. The minimum Gasteiger partial charge on any atom is -0.353 e. The molecule has 0 unspecified atom stereocenters. The number of nitrogens with one attached hydrogen (secondary N) is 2. The first kappa shape index (κ1) is 11.3. The van der Waals surface area contributed by atoms with Crippen LogP contribution < -0.4 is 16.6 Å². The Morgan fingerprint density at radius 3 is 3.00 bits per heavy atom. The van der Waals surface area contributed by atoms with Crippen LogP contribution >= 0.6 is 11.3 Å². The summed E-state index contributed by atoms with van der Waals surface area (Å²) in [6, 6.07) is 0.520. The van der Waals surface area contributed by atoms with Crippen LogP contribution in [0.3, 0.4) is 0 Å². The van der Waals surface area contributed by atoms with E-state index in [-0.39, 0.29) is 0 Å². The van der Waals surface area contributed by atoms with Crippen molar-refractivity contribution in [2.75, 3.05) is 0 Å². The molecule has 4 N–H and O–H groups in total. The van der Waals surface area contributed by atoms with Gasteiger partial charge in [-0.2, -0.15) is 0 Å². The maximum absolute atomic E-state index is 5.43. The van der Waals surface area contributed by atoms with Crippen LogP contribution in [0.1, 0.15) is 30.7 Å². The van der Waals surface area contributed by atoms with Crippen LogP contribution in [0.4, 0.5) is 0 Å². The molecule has 0 bridgehead atoms. The first-order valence-electron chi connectivity index (χ1n) is 5.54. The second-order valence-electron chi connectivity index (χ2n) is 3.86. The van der Waals surface area contributed by atoms with E-state index in [2.05, 4.69) is 20.7 Å². The van der Waals surface area contributed by atoms with Crippen molar-refractivity contribution in [1.82, 2.24) is 15.7 Å². The molecule has 88 valence electrons. The molecule has 5 nitrogen and oxygen atoms in total. The van der Waals surface area contributed by atoms with Gasteiger partial charge in [-0.1, -0.05) is 12.8 Å². The van der Waals surface area contributed by atoms with Crippen molar-refractivity contribution >= 4 is 17.3 Å². The van der Waals surface area contributed by atoms with Gasteiger partial charge < -0.3 is 5.32 Å². The summed E-state index contributed by atoms with van der Waals surface area (Å²) in [5.41, 5.74) is 2.61. The molecular weight excluding hydrogens is 222 g/mol. The molecule has 1 aliphatic rings. The molecule has 0 spiro atoms. The highest BCUT2D eigenvalue weighted by molar-refractivity contribution is 7.09. The summed E-state index contributed by atoms with van der Waals surface area (Å²) in [5.74, 6) is 6.10. The molecule has 1 aromatic heterocycles. The molecule has 6 heteroatoms. The summed E-state index contributed by atoms with van der Waals surface area (Å²) in [4.78, 5) is 8.53. The van der Waals surface area contributed by atoms with Crippen molar-refractivity contribution in [3.8, 4) is 0 Å². The molecule has 1 saturated carbocycles. The van der Waals surface area contributed by atoms with Crippen molar-refractivity contribution in [1.29, 1.82) is 0 Å². The number of hydrogen-bond donors (Lipinski definition) is 3. The van der Waals surface area contributed by atoms with Crippen molar-refractivity contribution in [3.05, 3.63) is 16.6 Å². The molecule has 0 atom stereocenters. The SMILES string of the molecule is NNC(=NCc1nccs1)NC1CCCC1. The van der Waals surface area contributed by atoms with Gasteiger partial charge in [-0.3, -0.25) is 5.43 Å². The Labute approximate surface area is 99.1 Å². The molecule has 1 heterocycles. The molecule has 0 radical (unpaired) electrons. The van der Waals surface area contributed by atoms with Gasteiger partial charge in [0.25, 0.3) is 0 Å². The largest absolute Gasteiger partial charge is 0.353 e. The van der Waals surface area contributed by atoms with Crippen LogP contribution in [-0.4, -0.2) is 17.0 Å². The Balaban J connectivity index is 1.85. The highest BCUT2D eigenvalue weighted by Crippen LogP contribution is 2.17. The molecule has 0 aromatic carbocycles. The van der Waals surface area contributed by atoms with Crippen molar-refractivity contribution < 1.29 is 0 Å². The smallest absolute Gasteiger partial charge is 0.206 e. The van der Waals surface area contributed by atoms with Gasteiger partial charge in [0, 0.05) is 17.6 Å². The number of nitrogens with two attached hydrogens (primary N) is 1. The topological polar surface area (TPSA) is 75.3 Å². The van der Waals surface area contributed by atoms with E-state index in [1.165, 1.54) is 25.7 Å². The van der Waals surface area contributed by atoms with Gasteiger partial charge in [-0.05, 0) is 12.8 Å². The normalized spacial score (nSPS) is 17.7. The summed E-state index contributed by atoms with van der Waals surface area (Å²) < 4.78 is 0. The number of aromatic nitrogens is 1. The highest BCUT2D eigenvalue weighted by Gasteiger charge is 2.15. The Morgan fingerprint density at radius 2 is 2.38 bits per heavy atom. The quantitative estimate of drug-likeness (QED) is 0.318. The summed E-state index contributed by atoms with van der Waals surface area (Å²) in [6.45, 7) is 0.580. The predicted octanol–water partition coefficient (Wildman–Crippen LogP) is 0.995. The first-order chi connectivity index (χ1) is 7.88. The molecule has 0 saturated heterocycles. The van der Waals surface area contributed by atoms with Crippen LogP contribution in [0, 0.1) is 0 Å². The third kappa shape index (κ3) is 3.18. The van der Waals surface area contributed by atoms with E-state index in [0.717, 1.165) is 5.01 Å². The maximum Gasteiger partial charge on any atom is 0.206 e. The van der Waals surface area contributed by atoms with Crippen LogP contribution in [0.15, 0.2) is 16.6 Å². The summed E-state index contributed by atoms with van der Waals surface area (Å²) in [6.07, 6.45) is 6.79. The molecule has 16 heavy (non-hydrogen) atoms. The Morgan fingerprint density at radius 1 is 1.56 bits per heavy atom. The zero-order valence-corrected chi connectivity index (χ0v) is 9.96. The molecule has 1 aliphatic carbocycles. The van der Waals surface area contributed by atoms with E-state index < -0.39 is 0 Å². The van der Waals surface area contributed by atoms with E-state index >= 15 is 0 Å². The van der Waals surface area contributed by atoms with E-state index in [1.807, 2.05) is 5.38 Å². The van der Waals surface area contributed by atoms with E-state index in [9.17, 15) is 0 Å². The van der Waals surface area contributed by atoms with Gasteiger partial charge in [-0.25, -0.2) is 15.8 Å². The lowest BCUT2D eigenvalue weighted by molar-refractivity contribution is 0.614. The summed E-state index contributed by atoms with van der Waals surface area (Å²) in [5, 5.41) is 6.27. The molecule has 1 fully saturated rings. The molecule has 1 aromatic rings. The fourth-order valence-corrected chi connectivity index (χ4v) is 2.41. The third-order valence-corrected chi connectivity index (χ3v) is 3.45. The zero-order valence-electron chi connectivity index (χ0n) is 9.15. The lowest BCUT2D eigenvalue weighted by atomic mass is 10.2. The fourth-order valence-electron chi connectivity index (χ4n) is 1.87. The van der Waals surface area contributed by atoms with E-state index in [0.29, 0.717) is 18.5 Å². The minimum absolute atomic E-state index is 0.520. The van der Waals surface area contributed by atoms with Gasteiger partial charge in [0.15, 0.2) is 0 Å². The number of hydrazine groups is 1. The summed E-state index contributed by atoms with van der Waals surface area (Å²) in [7, 11) is 0. The van der Waals surface area contributed by atoms with Crippen LogP contribution in [0.2, 0.25) is 0 Å². The van der Waals surface area contributed by atoms with Crippen LogP contribution in [0.5, 0.6) is 0 Å². The fraction of sp³-hybridized carbons (Fsp3) is 0.600. The van der Waals surface area contributed by atoms with Gasteiger partial charge in [0.2, 0.25) is 5.96 Å². The lowest BCUT2D eigenvalue weighted by Crippen LogP contribution is -2.45. The number of guanidine groups is 1.